The number of nitrogens with one attached hydrogen (secondary N) is 3. The number of hydrogen-bond acceptors (Lipinski definition) is 3. The Morgan fingerprint density at radius 1 is 1.00 bits per heavy atom. The summed E-state index contributed by atoms with van der Waals surface area (Å²) in [5.41, 5.74) is 0.482. The lowest BCUT2D eigenvalue weighted by molar-refractivity contribution is -0.123. The molecule has 2 atom stereocenters. The van der Waals surface area contributed by atoms with Crippen LogP contribution in [-0.4, -0.2) is 24.0 Å². The van der Waals surface area contributed by atoms with Crippen molar-refractivity contribution in [2.45, 2.75) is 45.8 Å². The zero-order valence-corrected chi connectivity index (χ0v) is 16.6. The molecule has 0 spiro atoms. The van der Waals surface area contributed by atoms with Gasteiger partial charge in [0.25, 0.3) is 0 Å². The number of amides is 3. The van der Waals surface area contributed by atoms with E-state index in [4.69, 9.17) is 4.74 Å². The average Bonchev–Trinajstić information content (AvgIpc) is 2.69. The Labute approximate surface area is 168 Å². The van der Waals surface area contributed by atoms with E-state index < -0.39 is 23.7 Å². The molecule has 2 aromatic rings. The predicted molar refractivity (Wildman–Crippen MR) is 106 cm³/mol. The van der Waals surface area contributed by atoms with Crippen molar-refractivity contribution in [1.82, 2.24) is 16.0 Å². The number of para-hydroxylation sites is 1. The molecular weight excluding hydrogens is 380 g/mol. The highest BCUT2D eigenvalue weighted by atomic mass is 19.1. The maximum Gasteiger partial charge on any atom is 0.315 e. The van der Waals surface area contributed by atoms with E-state index in [2.05, 4.69) is 16.0 Å². The Balaban J connectivity index is 1.87. The number of rotatable bonds is 8. The molecule has 0 saturated carbocycles. The van der Waals surface area contributed by atoms with Gasteiger partial charge in [0.05, 0.1) is 0 Å². The molecule has 0 radical (unpaired) electrons. The highest BCUT2D eigenvalue weighted by Crippen LogP contribution is 2.27. The van der Waals surface area contributed by atoms with E-state index in [-0.39, 0.29) is 30.0 Å². The number of hydrogen-bond donors (Lipinski definition) is 3. The van der Waals surface area contributed by atoms with Crippen LogP contribution in [0.3, 0.4) is 0 Å². The molecule has 2 unspecified atom stereocenters. The van der Waals surface area contributed by atoms with E-state index in [0.29, 0.717) is 5.56 Å². The Hall–Kier alpha value is -3.16. The van der Waals surface area contributed by atoms with Gasteiger partial charge in [-0.1, -0.05) is 25.1 Å². The minimum atomic E-state index is -0.711. The molecule has 8 heteroatoms. The zero-order valence-electron chi connectivity index (χ0n) is 16.6. The summed E-state index contributed by atoms with van der Waals surface area (Å²) in [4.78, 5) is 23.9. The Bertz CT molecular complexity index is 861. The van der Waals surface area contributed by atoms with Gasteiger partial charge in [-0.25, -0.2) is 13.6 Å². The van der Waals surface area contributed by atoms with Crippen LogP contribution < -0.4 is 20.7 Å². The van der Waals surface area contributed by atoms with E-state index in [1.165, 1.54) is 30.3 Å². The van der Waals surface area contributed by atoms with Crippen molar-refractivity contribution in [3.8, 4) is 11.5 Å². The van der Waals surface area contributed by atoms with Crippen LogP contribution >= 0.6 is 0 Å². The lowest BCUT2D eigenvalue weighted by Gasteiger charge is -2.17. The van der Waals surface area contributed by atoms with Crippen LogP contribution in [0.25, 0.3) is 0 Å². The largest absolute Gasteiger partial charge is 0.451 e. The summed E-state index contributed by atoms with van der Waals surface area (Å²) in [5, 5.41) is 7.86. The predicted octanol–water partition coefficient (Wildman–Crippen LogP) is 3.86. The second kappa shape index (κ2) is 10.4. The number of urea groups is 1. The van der Waals surface area contributed by atoms with E-state index in [0.717, 1.165) is 6.42 Å². The van der Waals surface area contributed by atoms with Crippen molar-refractivity contribution in [2.75, 3.05) is 0 Å². The highest BCUT2D eigenvalue weighted by molar-refractivity contribution is 5.86. The Morgan fingerprint density at radius 3 is 2.34 bits per heavy atom. The zero-order chi connectivity index (χ0) is 21.4. The molecule has 29 heavy (non-hydrogen) atoms. The van der Waals surface area contributed by atoms with Crippen molar-refractivity contribution in [1.29, 1.82) is 0 Å². The van der Waals surface area contributed by atoms with Crippen LogP contribution in [0.1, 0.15) is 32.8 Å². The number of benzene rings is 2. The summed E-state index contributed by atoms with van der Waals surface area (Å²) in [5.74, 6) is -1.77. The standard InChI is InChI=1S/C21H25F2N3O3/c1-4-13(2)25-20(27)14(3)26-21(28)24-12-15-9-10-19(17(23)11-15)29-18-8-6-5-7-16(18)22/h5-11,13-14H,4,12H2,1-3H3,(H,25,27)(H2,24,26,28). The topological polar surface area (TPSA) is 79.5 Å². The molecule has 6 nitrogen and oxygen atoms in total. The van der Waals surface area contributed by atoms with Crippen LogP contribution in [0.4, 0.5) is 13.6 Å². The molecule has 3 amide bonds. The minimum absolute atomic E-state index is 0.0166. The highest BCUT2D eigenvalue weighted by Gasteiger charge is 2.17. The number of carbonyl (C=O) groups excluding carboxylic acids is 2. The van der Waals surface area contributed by atoms with Gasteiger partial charge in [0, 0.05) is 12.6 Å². The quantitative estimate of drug-likeness (QED) is 0.624. The lowest BCUT2D eigenvalue weighted by atomic mass is 10.2. The first kappa shape index (κ1) is 22.1. The number of ether oxygens (including phenoxy) is 1. The van der Waals surface area contributed by atoms with Crippen LogP contribution in [0.15, 0.2) is 42.5 Å². The molecule has 0 saturated heterocycles. The van der Waals surface area contributed by atoms with Crippen LogP contribution in [0.5, 0.6) is 11.5 Å². The van der Waals surface area contributed by atoms with Crippen molar-refractivity contribution >= 4 is 11.9 Å². The first-order chi connectivity index (χ1) is 13.8. The van der Waals surface area contributed by atoms with Gasteiger partial charge in [0.2, 0.25) is 5.91 Å². The molecule has 0 aliphatic carbocycles. The lowest BCUT2D eigenvalue weighted by Crippen LogP contribution is -2.49. The summed E-state index contributed by atoms with van der Waals surface area (Å²) in [7, 11) is 0. The molecule has 0 heterocycles. The second-order valence-electron chi connectivity index (χ2n) is 6.66. The SMILES string of the molecule is CCC(C)NC(=O)C(C)NC(=O)NCc1ccc(Oc2ccccc2F)c(F)c1. The van der Waals surface area contributed by atoms with Crippen molar-refractivity contribution in [3.63, 3.8) is 0 Å². The van der Waals surface area contributed by atoms with Gasteiger partial charge in [-0.2, -0.15) is 0 Å². The molecule has 2 rings (SSSR count). The van der Waals surface area contributed by atoms with Crippen molar-refractivity contribution in [3.05, 3.63) is 59.7 Å². The molecule has 0 aromatic heterocycles. The average molecular weight is 405 g/mol. The maximum absolute atomic E-state index is 14.2. The van der Waals surface area contributed by atoms with E-state index in [1.54, 1.807) is 19.1 Å². The van der Waals surface area contributed by atoms with Crippen LogP contribution in [0.2, 0.25) is 0 Å². The van der Waals surface area contributed by atoms with E-state index >= 15 is 0 Å². The summed E-state index contributed by atoms with van der Waals surface area (Å²) in [6.07, 6.45) is 0.785. The molecule has 0 bridgehead atoms. The summed E-state index contributed by atoms with van der Waals surface area (Å²) < 4.78 is 33.1. The summed E-state index contributed by atoms with van der Waals surface area (Å²) in [6.45, 7) is 5.44. The fourth-order valence-corrected chi connectivity index (χ4v) is 2.35. The van der Waals surface area contributed by atoms with Gasteiger partial charge in [-0.05, 0) is 50.1 Å². The van der Waals surface area contributed by atoms with Gasteiger partial charge in [0.15, 0.2) is 23.1 Å². The fraction of sp³-hybridized carbons (Fsp3) is 0.333. The van der Waals surface area contributed by atoms with Gasteiger partial charge in [0.1, 0.15) is 6.04 Å². The first-order valence-corrected chi connectivity index (χ1v) is 9.35. The number of carbonyl (C=O) groups is 2. The first-order valence-electron chi connectivity index (χ1n) is 9.35. The van der Waals surface area contributed by atoms with Gasteiger partial charge in [-0.15, -0.1) is 0 Å². The van der Waals surface area contributed by atoms with Crippen molar-refractivity contribution in [2.24, 2.45) is 0 Å². The van der Waals surface area contributed by atoms with Crippen molar-refractivity contribution < 1.29 is 23.1 Å². The summed E-state index contributed by atoms with van der Waals surface area (Å²) >= 11 is 0. The monoisotopic (exact) mass is 405 g/mol. The Morgan fingerprint density at radius 2 is 1.69 bits per heavy atom. The smallest absolute Gasteiger partial charge is 0.315 e. The van der Waals surface area contributed by atoms with Crippen LogP contribution in [-0.2, 0) is 11.3 Å². The van der Waals surface area contributed by atoms with Crippen LogP contribution in [0, 0.1) is 11.6 Å². The summed E-state index contributed by atoms with van der Waals surface area (Å²) in [6, 6.07) is 8.56. The molecule has 3 N–H and O–H groups in total. The maximum atomic E-state index is 14.2. The molecular formula is C21H25F2N3O3. The van der Waals surface area contributed by atoms with Gasteiger partial charge < -0.3 is 20.7 Å². The third-order valence-corrected chi connectivity index (χ3v) is 4.25. The molecule has 156 valence electrons. The van der Waals surface area contributed by atoms with Gasteiger partial charge >= 0.3 is 6.03 Å². The van der Waals surface area contributed by atoms with E-state index in [1.807, 2.05) is 13.8 Å². The minimum Gasteiger partial charge on any atom is -0.451 e. The number of halogens is 2. The molecule has 2 aromatic carbocycles. The normalized spacial score (nSPS) is 12.6. The van der Waals surface area contributed by atoms with Gasteiger partial charge in [-0.3, -0.25) is 4.79 Å². The molecule has 0 fully saturated rings. The van der Waals surface area contributed by atoms with E-state index in [9.17, 15) is 18.4 Å². The fourth-order valence-electron chi connectivity index (χ4n) is 2.35. The molecule has 0 aliphatic rings. The Kier molecular flexibility index (Phi) is 7.94. The third-order valence-electron chi connectivity index (χ3n) is 4.25. The second-order valence-corrected chi connectivity index (χ2v) is 6.66. The molecule has 0 aliphatic heterocycles. The third kappa shape index (κ3) is 6.74.